The summed E-state index contributed by atoms with van der Waals surface area (Å²) in [6.07, 6.45) is 2.93. The molecule has 1 N–H and O–H groups in total. The molecule has 0 bridgehead atoms. The van der Waals surface area contributed by atoms with Crippen LogP contribution in [0, 0.1) is 0 Å². The van der Waals surface area contributed by atoms with Crippen molar-refractivity contribution in [2.24, 2.45) is 0 Å². The summed E-state index contributed by atoms with van der Waals surface area (Å²) in [6.45, 7) is 3.96. The van der Waals surface area contributed by atoms with E-state index in [2.05, 4.69) is 5.32 Å². The first-order valence-electron chi connectivity index (χ1n) is 7.72. The van der Waals surface area contributed by atoms with Crippen molar-refractivity contribution in [2.45, 2.75) is 0 Å². The fourth-order valence-corrected chi connectivity index (χ4v) is 2.82. The van der Waals surface area contributed by atoms with Crippen molar-refractivity contribution in [3.63, 3.8) is 0 Å². The number of furan rings is 1. The molecule has 0 aromatic carbocycles. The predicted molar refractivity (Wildman–Crippen MR) is 80.6 cm³/mol. The molecular weight excluding hydrogens is 300 g/mol. The van der Waals surface area contributed by atoms with Gasteiger partial charge in [-0.3, -0.25) is 19.3 Å². The van der Waals surface area contributed by atoms with Gasteiger partial charge in [-0.05, 0) is 6.07 Å². The van der Waals surface area contributed by atoms with E-state index in [1.54, 1.807) is 15.9 Å². The Hall–Kier alpha value is -2.35. The lowest BCUT2D eigenvalue weighted by Gasteiger charge is -2.35. The number of amides is 3. The van der Waals surface area contributed by atoms with E-state index in [-0.39, 0.29) is 24.3 Å². The van der Waals surface area contributed by atoms with Crippen molar-refractivity contribution >= 4 is 17.7 Å². The highest BCUT2D eigenvalue weighted by atomic mass is 16.3. The second kappa shape index (κ2) is 6.82. The number of piperazine rings is 2. The number of hydrogen-bond donors (Lipinski definition) is 1. The molecule has 0 spiro atoms. The van der Waals surface area contributed by atoms with E-state index in [0.29, 0.717) is 51.4 Å². The van der Waals surface area contributed by atoms with Gasteiger partial charge in [0, 0.05) is 39.3 Å². The van der Waals surface area contributed by atoms with Gasteiger partial charge < -0.3 is 19.5 Å². The van der Waals surface area contributed by atoms with Crippen LogP contribution in [0.2, 0.25) is 0 Å². The third kappa shape index (κ3) is 3.70. The maximum Gasteiger partial charge on any atom is 0.257 e. The van der Waals surface area contributed by atoms with E-state index in [1.807, 2.05) is 4.90 Å². The Bertz CT molecular complexity index is 578. The van der Waals surface area contributed by atoms with Crippen LogP contribution < -0.4 is 5.32 Å². The van der Waals surface area contributed by atoms with Crippen LogP contribution >= 0.6 is 0 Å². The van der Waals surface area contributed by atoms with Gasteiger partial charge in [-0.25, -0.2) is 0 Å². The molecule has 3 heterocycles. The van der Waals surface area contributed by atoms with Gasteiger partial charge >= 0.3 is 0 Å². The first kappa shape index (κ1) is 15.5. The molecule has 2 fully saturated rings. The van der Waals surface area contributed by atoms with Crippen molar-refractivity contribution in [1.82, 2.24) is 20.0 Å². The SMILES string of the molecule is O=C1CN(C(=O)CN2CCN(C(=O)c3ccoc3)CC2)CCN1. The average Bonchev–Trinajstić information content (AvgIpc) is 3.09. The number of rotatable bonds is 3. The van der Waals surface area contributed by atoms with Crippen LogP contribution in [-0.4, -0.2) is 84.8 Å². The summed E-state index contributed by atoms with van der Waals surface area (Å²) in [7, 11) is 0. The van der Waals surface area contributed by atoms with Crippen LogP contribution in [0.15, 0.2) is 23.0 Å². The third-order valence-corrected chi connectivity index (χ3v) is 4.18. The van der Waals surface area contributed by atoms with E-state index in [0.717, 1.165) is 0 Å². The van der Waals surface area contributed by atoms with E-state index >= 15 is 0 Å². The summed E-state index contributed by atoms with van der Waals surface area (Å²) in [6, 6.07) is 1.65. The number of carbonyl (C=O) groups is 3. The van der Waals surface area contributed by atoms with Crippen molar-refractivity contribution in [3.8, 4) is 0 Å². The van der Waals surface area contributed by atoms with Gasteiger partial charge in [0.15, 0.2) is 0 Å². The lowest BCUT2D eigenvalue weighted by molar-refractivity contribution is -0.139. The van der Waals surface area contributed by atoms with Crippen LogP contribution in [0.3, 0.4) is 0 Å². The summed E-state index contributed by atoms with van der Waals surface area (Å²) < 4.78 is 4.94. The lowest BCUT2D eigenvalue weighted by Crippen LogP contribution is -2.55. The molecule has 8 nitrogen and oxygen atoms in total. The van der Waals surface area contributed by atoms with Gasteiger partial charge in [0.2, 0.25) is 11.8 Å². The Kier molecular flexibility index (Phi) is 4.61. The topological polar surface area (TPSA) is 86.1 Å². The molecule has 2 aliphatic heterocycles. The maximum absolute atomic E-state index is 12.2. The number of hydrogen-bond acceptors (Lipinski definition) is 5. The van der Waals surface area contributed by atoms with Gasteiger partial charge in [-0.15, -0.1) is 0 Å². The number of carbonyl (C=O) groups excluding carboxylic acids is 3. The molecule has 2 saturated heterocycles. The Balaban J connectivity index is 1.46. The number of nitrogens with zero attached hydrogens (tertiary/aromatic N) is 3. The molecule has 2 aliphatic rings. The second-order valence-electron chi connectivity index (χ2n) is 5.75. The molecule has 1 aromatic rings. The zero-order valence-corrected chi connectivity index (χ0v) is 12.9. The van der Waals surface area contributed by atoms with Gasteiger partial charge in [0.25, 0.3) is 5.91 Å². The minimum absolute atomic E-state index is 0.0329. The number of nitrogens with one attached hydrogen (secondary N) is 1. The van der Waals surface area contributed by atoms with Gasteiger partial charge in [-0.2, -0.15) is 0 Å². The van der Waals surface area contributed by atoms with Crippen molar-refractivity contribution in [3.05, 3.63) is 24.2 Å². The normalized spacial score (nSPS) is 19.6. The second-order valence-corrected chi connectivity index (χ2v) is 5.75. The van der Waals surface area contributed by atoms with Crippen molar-refractivity contribution < 1.29 is 18.8 Å². The minimum atomic E-state index is -0.111. The molecular formula is C15H20N4O4. The first-order valence-corrected chi connectivity index (χ1v) is 7.72. The van der Waals surface area contributed by atoms with Crippen LogP contribution in [0.4, 0.5) is 0 Å². The molecule has 23 heavy (non-hydrogen) atoms. The Morgan fingerprint density at radius 1 is 1.13 bits per heavy atom. The Morgan fingerprint density at radius 3 is 2.57 bits per heavy atom. The fourth-order valence-electron chi connectivity index (χ4n) is 2.82. The molecule has 1 aromatic heterocycles. The summed E-state index contributed by atoms with van der Waals surface area (Å²) in [4.78, 5) is 41.1. The zero-order valence-electron chi connectivity index (χ0n) is 12.9. The molecule has 3 rings (SSSR count). The minimum Gasteiger partial charge on any atom is -0.472 e. The maximum atomic E-state index is 12.2. The van der Waals surface area contributed by atoms with Crippen molar-refractivity contribution in [1.29, 1.82) is 0 Å². The highest BCUT2D eigenvalue weighted by Gasteiger charge is 2.26. The van der Waals surface area contributed by atoms with E-state index < -0.39 is 0 Å². The summed E-state index contributed by atoms with van der Waals surface area (Å²) in [5, 5.41) is 2.70. The third-order valence-electron chi connectivity index (χ3n) is 4.18. The Morgan fingerprint density at radius 2 is 1.91 bits per heavy atom. The van der Waals surface area contributed by atoms with E-state index in [9.17, 15) is 14.4 Å². The lowest BCUT2D eigenvalue weighted by atomic mass is 10.2. The highest BCUT2D eigenvalue weighted by Crippen LogP contribution is 2.09. The van der Waals surface area contributed by atoms with E-state index in [4.69, 9.17) is 4.42 Å². The summed E-state index contributed by atoms with van der Waals surface area (Å²) >= 11 is 0. The summed E-state index contributed by atoms with van der Waals surface area (Å²) in [5.74, 6) is -0.188. The quantitative estimate of drug-likeness (QED) is 0.772. The van der Waals surface area contributed by atoms with Crippen LogP contribution in [0.5, 0.6) is 0 Å². The van der Waals surface area contributed by atoms with E-state index in [1.165, 1.54) is 12.5 Å². The molecule has 0 atom stereocenters. The standard InChI is InChI=1S/C15H20N4O4/c20-13-9-19(3-2-16-13)14(21)10-17-4-6-18(7-5-17)15(22)12-1-8-23-11-12/h1,8,11H,2-7,9-10H2,(H,16,20). The average molecular weight is 320 g/mol. The van der Waals surface area contributed by atoms with Gasteiger partial charge in [-0.1, -0.05) is 0 Å². The zero-order chi connectivity index (χ0) is 16.2. The van der Waals surface area contributed by atoms with Gasteiger partial charge in [0.1, 0.15) is 6.26 Å². The predicted octanol–water partition coefficient (Wildman–Crippen LogP) is -1.00. The molecule has 8 heteroatoms. The molecule has 0 unspecified atom stereocenters. The fraction of sp³-hybridized carbons (Fsp3) is 0.533. The molecule has 124 valence electrons. The van der Waals surface area contributed by atoms with Crippen LogP contribution in [0.25, 0.3) is 0 Å². The molecule has 0 saturated carbocycles. The monoisotopic (exact) mass is 320 g/mol. The van der Waals surface area contributed by atoms with Crippen LogP contribution in [0.1, 0.15) is 10.4 Å². The molecule has 0 radical (unpaired) electrons. The van der Waals surface area contributed by atoms with Gasteiger partial charge in [0.05, 0.1) is 24.9 Å². The molecule has 3 amide bonds. The smallest absolute Gasteiger partial charge is 0.257 e. The summed E-state index contributed by atoms with van der Waals surface area (Å²) in [5.41, 5.74) is 0.550. The van der Waals surface area contributed by atoms with Crippen molar-refractivity contribution in [2.75, 3.05) is 52.4 Å². The largest absolute Gasteiger partial charge is 0.472 e. The van der Waals surface area contributed by atoms with Crippen LogP contribution in [-0.2, 0) is 9.59 Å². The first-order chi connectivity index (χ1) is 11.1. The Labute approximate surface area is 134 Å². The molecule has 0 aliphatic carbocycles. The highest BCUT2D eigenvalue weighted by molar-refractivity contribution is 5.94.